The van der Waals surface area contributed by atoms with Gasteiger partial charge in [0.25, 0.3) is 5.91 Å². The minimum absolute atomic E-state index is 0.164. The largest absolute Gasteiger partial charge is 0.465 e. The van der Waals surface area contributed by atoms with Crippen LogP contribution < -0.4 is 5.32 Å². The summed E-state index contributed by atoms with van der Waals surface area (Å²) >= 11 is 1.19. The summed E-state index contributed by atoms with van der Waals surface area (Å²) < 4.78 is 5.20. The van der Waals surface area contributed by atoms with Crippen LogP contribution in [0, 0.1) is 6.92 Å². The van der Waals surface area contributed by atoms with Crippen LogP contribution in [-0.4, -0.2) is 65.8 Å². The molecule has 26 heavy (non-hydrogen) atoms. The number of rotatable bonds is 6. The van der Waals surface area contributed by atoms with Crippen LogP contribution in [0.5, 0.6) is 0 Å². The van der Waals surface area contributed by atoms with E-state index in [-0.39, 0.29) is 5.91 Å². The van der Waals surface area contributed by atoms with Gasteiger partial charge in [-0.05, 0) is 45.7 Å². The van der Waals surface area contributed by atoms with E-state index in [0.29, 0.717) is 29.4 Å². The summed E-state index contributed by atoms with van der Waals surface area (Å²) in [5.41, 5.74) is 0.166. The summed E-state index contributed by atoms with van der Waals surface area (Å²) in [6, 6.07) is 1.73. The quantitative estimate of drug-likeness (QED) is 0.781. The molecule has 146 valence electrons. The van der Waals surface area contributed by atoms with Gasteiger partial charge in [0.2, 0.25) is 0 Å². The summed E-state index contributed by atoms with van der Waals surface area (Å²) in [5.74, 6) is -0.164. The molecule has 9 heteroatoms. The third kappa shape index (κ3) is 6.91. The molecule has 0 aromatic carbocycles. The Hall–Kier alpha value is -2.29. The molecule has 1 aromatic heterocycles. The zero-order valence-corrected chi connectivity index (χ0v) is 16.9. The highest BCUT2D eigenvalue weighted by atomic mass is 32.1. The third-order valence-corrected chi connectivity index (χ3v) is 4.54. The van der Waals surface area contributed by atoms with Gasteiger partial charge in [-0.3, -0.25) is 10.1 Å². The summed E-state index contributed by atoms with van der Waals surface area (Å²) in [5, 5.41) is 12.0. The second-order valence-electron chi connectivity index (χ2n) is 7.03. The van der Waals surface area contributed by atoms with Gasteiger partial charge in [0.15, 0.2) is 0 Å². The van der Waals surface area contributed by atoms with Gasteiger partial charge in [-0.1, -0.05) is 0 Å². The van der Waals surface area contributed by atoms with Gasteiger partial charge in [-0.25, -0.2) is 9.59 Å². The van der Waals surface area contributed by atoms with Crippen molar-refractivity contribution >= 4 is 34.4 Å². The normalized spacial score (nSPS) is 11.0. The van der Waals surface area contributed by atoms with E-state index in [4.69, 9.17) is 9.84 Å². The molecule has 0 aliphatic carbocycles. The van der Waals surface area contributed by atoms with E-state index in [9.17, 15) is 14.4 Å². The first-order valence-electron chi connectivity index (χ1n) is 8.20. The number of carbonyl (C=O) groups is 3. The smallest absolute Gasteiger partial charge is 0.412 e. The monoisotopic (exact) mass is 385 g/mol. The van der Waals surface area contributed by atoms with Crippen molar-refractivity contribution in [3.05, 3.63) is 16.5 Å². The molecule has 0 atom stereocenters. The van der Waals surface area contributed by atoms with Crippen molar-refractivity contribution in [2.24, 2.45) is 0 Å². The molecule has 8 nitrogen and oxygen atoms in total. The molecule has 0 aliphatic heterocycles. The molecule has 0 unspecified atom stereocenters. The van der Waals surface area contributed by atoms with Gasteiger partial charge >= 0.3 is 12.2 Å². The summed E-state index contributed by atoms with van der Waals surface area (Å²) in [6.07, 6.45) is -1.02. The van der Waals surface area contributed by atoms with Crippen LogP contribution in [-0.2, 0) is 4.74 Å². The molecule has 0 radical (unpaired) electrons. The van der Waals surface area contributed by atoms with Crippen LogP contribution in [0.2, 0.25) is 0 Å². The number of aryl methyl sites for hydroxylation is 1. The van der Waals surface area contributed by atoms with E-state index >= 15 is 0 Å². The van der Waals surface area contributed by atoms with Crippen molar-refractivity contribution < 1.29 is 24.2 Å². The van der Waals surface area contributed by atoms with Gasteiger partial charge in [-0.15, -0.1) is 11.3 Å². The lowest BCUT2D eigenvalue weighted by Crippen LogP contribution is -2.32. The van der Waals surface area contributed by atoms with Gasteiger partial charge in [-0.2, -0.15) is 0 Å². The van der Waals surface area contributed by atoms with Crippen LogP contribution in [0.3, 0.4) is 0 Å². The van der Waals surface area contributed by atoms with E-state index in [1.807, 2.05) is 0 Å². The van der Waals surface area contributed by atoms with Crippen molar-refractivity contribution in [1.29, 1.82) is 0 Å². The number of carboxylic acid groups (broad SMARTS) is 1. The zero-order chi connectivity index (χ0) is 20.1. The average molecular weight is 385 g/mol. The lowest BCUT2D eigenvalue weighted by Gasteiger charge is -2.19. The van der Waals surface area contributed by atoms with E-state index < -0.39 is 17.8 Å². The third-order valence-electron chi connectivity index (χ3n) is 3.40. The SMILES string of the molecule is Cc1cc(NC(=O)OC(C)(C)C)sc1C(=O)N(C)CCCN(C)C(=O)O. The predicted octanol–water partition coefficient (Wildman–Crippen LogP) is 3.48. The lowest BCUT2D eigenvalue weighted by atomic mass is 10.2. The second-order valence-corrected chi connectivity index (χ2v) is 8.09. The number of anilines is 1. The molecule has 0 saturated carbocycles. The lowest BCUT2D eigenvalue weighted by molar-refractivity contribution is 0.0635. The number of hydrogen-bond acceptors (Lipinski definition) is 5. The second kappa shape index (κ2) is 8.88. The molecule has 0 spiro atoms. The van der Waals surface area contributed by atoms with Gasteiger partial charge in [0, 0.05) is 27.2 Å². The fraction of sp³-hybridized carbons (Fsp3) is 0.588. The fourth-order valence-electron chi connectivity index (χ4n) is 2.08. The molecule has 3 amide bonds. The number of carbonyl (C=O) groups excluding carboxylic acids is 2. The first kappa shape index (κ1) is 21.8. The van der Waals surface area contributed by atoms with Gasteiger partial charge in [0.1, 0.15) is 5.60 Å². The van der Waals surface area contributed by atoms with E-state index in [0.717, 1.165) is 5.56 Å². The molecule has 0 fully saturated rings. The van der Waals surface area contributed by atoms with Crippen molar-refractivity contribution in [1.82, 2.24) is 9.80 Å². The number of amides is 3. The number of ether oxygens (including phenoxy) is 1. The Morgan fingerprint density at radius 1 is 1.19 bits per heavy atom. The minimum atomic E-state index is -0.995. The fourth-order valence-corrected chi connectivity index (χ4v) is 3.13. The maximum Gasteiger partial charge on any atom is 0.412 e. The van der Waals surface area contributed by atoms with E-state index in [1.165, 1.54) is 23.3 Å². The van der Waals surface area contributed by atoms with Crippen molar-refractivity contribution in [2.75, 3.05) is 32.5 Å². The van der Waals surface area contributed by atoms with Crippen LogP contribution in [0.1, 0.15) is 42.4 Å². The average Bonchev–Trinajstić information content (AvgIpc) is 2.84. The molecule has 0 bridgehead atoms. The number of nitrogens with zero attached hydrogens (tertiary/aromatic N) is 2. The zero-order valence-electron chi connectivity index (χ0n) is 16.1. The summed E-state index contributed by atoms with van der Waals surface area (Å²) in [7, 11) is 3.16. The topological polar surface area (TPSA) is 99.2 Å². The maximum absolute atomic E-state index is 12.6. The molecule has 1 aromatic rings. The van der Waals surface area contributed by atoms with Crippen molar-refractivity contribution in [3.8, 4) is 0 Å². The van der Waals surface area contributed by atoms with Crippen LogP contribution in [0.4, 0.5) is 14.6 Å². The van der Waals surface area contributed by atoms with E-state index in [1.54, 1.807) is 45.7 Å². The Balaban J connectivity index is 2.65. The Morgan fingerprint density at radius 3 is 2.31 bits per heavy atom. The Morgan fingerprint density at radius 2 is 1.77 bits per heavy atom. The van der Waals surface area contributed by atoms with Crippen molar-refractivity contribution in [3.63, 3.8) is 0 Å². The Labute approximate surface area is 157 Å². The predicted molar refractivity (Wildman–Crippen MR) is 101 cm³/mol. The van der Waals surface area contributed by atoms with Gasteiger partial charge < -0.3 is 19.6 Å². The highest BCUT2D eigenvalue weighted by molar-refractivity contribution is 7.18. The van der Waals surface area contributed by atoms with Crippen molar-refractivity contribution in [2.45, 2.75) is 39.7 Å². The standard InChI is InChI=1S/C17H27N3O5S/c1-11-10-12(18-15(22)25-17(2,3)4)26-13(11)14(21)19(5)8-7-9-20(6)16(23)24/h10H,7-9H2,1-6H3,(H,18,22)(H,23,24). The molecule has 1 rings (SSSR count). The summed E-state index contributed by atoms with van der Waals surface area (Å²) in [4.78, 5) is 38.4. The first-order chi connectivity index (χ1) is 11.9. The number of thiophene rings is 1. The molecule has 0 saturated heterocycles. The first-order valence-corrected chi connectivity index (χ1v) is 9.02. The minimum Gasteiger partial charge on any atom is -0.465 e. The Kier molecular flexibility index (Phi) is 7.43. The molecule has 1 heterocycles. The maximum atomic E-state index is 12.6. The number of nitrogens with one attached hydrogen (secondary N) is 1. The number of hydrogen-bond donors (Lipinski definition) is 2. The van der Waals surface area contributed by atoms with E-state index in [2.05, 4.69) is 5.32 Å². The van der Waals surface area contributed by atoms with Gasteiger partial charge in [0.05, 0.1) is 9.88 Å². The summed E-state index contributed by atoms with van der Waals surface area (Å²) in [6.45, 7) is 7.91. The molecular formula is C17H27N3O5S. The molecule has 0 aliphatic rings. The molecule has 2 N–H and O–H groups in total. The highest BCUT2D eigenvalue weighted by Gasteiger charge is 2.21. The van der Waals surface area contributed by atoms with Crippen LogP contribution in [0.15, 0.2) is 6.07 Å². The molecular weight excluding hydrogens is 358 g/mol. The van der Waals surface area contributed by atoms with Crippen LogP contribution >= 0.6 is 11.3 Å². The highest BCUT2D eigenvalue weighted by Crippen LogP contribution is 2.28. The van der Waals surface area contributed by atoms with Crippen LogP contribution in [0.25, 0.3) is 0 Å². The Bertz CT molecular complexity index is 666.